The predicted octanol–water partition coefficient (Wildman–Crippen LogP) is 3.45. The summed E-state index contributed by atoms with van der Waals surface area (Å²) in [5.41, 5.74) is 0.857. The van der Waals surface area contributed by atoms with Crippen LogP contribution >= 0.6 is 0 Å². The number of nitrogens with zero attached hydrogens (tertiary/aromatic N) is 1. The van der Waals surface area contributed by atoms with Gasteiger partial charge in [0, 0.05) is 24.0 Å². The number of rotatable bonds is 4. The van der Waals surface area contributed by atoms with Crippen LogP contribution in [0.1, 0.15) is 46.6 Å². The van der Waals surface area contributed by atoms with Gasteiger partial charge in [-0.2, -0.15) is 0 Å². The van der Waals surface area contributed by atoms with Crippen molar-refractivity contribution in [2.75, 3.05) is 13.1 Å². The van der Waals surface area contributed by atoms with Crippen LogP contribution in [0.25, 0.3) is 0 Å². The van der Waals surface area contributed by atoms with E-state index in [0.717, 1.165) is 26.1 Å². The van der Waals surface area contributed by atoms with Crippen LogP contribution in [0.15, 0.2) is 30.3 Å². The Morgan fingerprint density at radius 3 is 2.41 bits per heavy atom. The standard InChI is InChI=1S/C19H30N2O/c1-18(2,3)20-17(22)19(4,5)16-11-12-21(14-16)13-15-9-7-6-8-10-15/h6-10,16H,11-14H2,1-5H3,(H,20,22). The number of carbonyl (C=O) groups excluding carboxylic acids is 1. The van der Waals surface area contributed by atoms with Crippen molar-refractivity contribution >= 4 is 5.91 Å². The molecule has 1 heterocycles. The van der Waals surface area contributed by atoms with E-state index >= 15 is 0 Å². The molecule has 1 saturated heterocycles. The first-order chi connectivity index (χ1) is 10.2. The zero-order valence-corrected chi connectivity index (χ0v) is 14.6. The Kier molecular flexibility index (Phi) is 4.96. The Morgan fingerprint density at radius 2 is 1.82 bits per heavy atom. The summed E-state index contributed by atoms with van der Waals surface area (Å²) in [6, 6.07) is 10.6. The fourth-order valence-electron chi connectivity index (χ4n) is 3.09. The second-order valence-corrected chi connectivity index (χ2v) is 8.13. The first kappa shape index (κ1) is 17.0. The van der Waals surface area contributed by atoms with E-state index in [1.165, 1.54) is 5.56 Å². The third-order valence-electron chi connectivity index (χ3n) is 4.62. The van der Waals surface area contributed by atoms with Gasteiger partial charge in [-0.15, -0.1) is 0 Å². The molecule has 3 heteroatoms. The molecule has 0 bridgehead atoms. The van der Waals surface area contributed by atoms with E-state index in [-0.39, 0.29) is 16.9 Å². The Labute approximate surface area is 135 Å². The molecule has 1 fully saturated rings. The van der Waals surface area contributed by atoms with Crippen LogP contribution in [0.4, 0.5) is 0 Å². The molecule has 3 nitrogen and oxygen atoms in total. The lowest BCUT2D eigenvalue weighted by molar-refractivity contribution is -0.133. The topological polar surface area (TPSA) is 32.3 Å². The highest BCUT2D eigenvalue weighted by Crippen LogP contribution is 2.35. The van der Waals surface area contributed by atoms with Crippen molar-refractivity contribution in [3.63, 3.8) is 0 Å². The molecule has 0 aliphatic carbocycles. The maximum Gasteiger partial charge on any atom is 0.226 e. The average Bonchev–Trinajstić information content (AvgIpc) is 2.87. The van der Waals surface area contributed by atoms with Crippen LogP contribution in [0.5, 0.6) is 0 Å². The monoisotopic (exact) mass is 302 g/mol. The van der Waals surface area contributed by atoms with Crippen molar-refractivity contribution in [2.45, 2.75) is 53.1 Å². The first-order valence-electron chi connectivity index (χ1n) is 8.27. The molecule has 0 saturated carbocycles. The Morgan fingerprint density at radius 1 is 1.18 bits per heavy atom. The van der Waals surface area contributed by atoms with E-state index in [2.05, 4.69) is 54.4 Å². The normalized spacial score (nSPS) is 20.1. The van der Waals surface area contributed by atoms with Crippen molar-refractivity contribution < 1.29 is 4.79 Å². The predicted molar refractivity (Wildman–Crippen MR) is 91.5 cm³/mol. The van der Waals surface area contributed by atoms with Gasteiger partial charge in [-0.25, -0.2) is 0 Å². The van der Waals surface area contributed by atoms with Crippen molar-refractivity contribution in [2.24, 2.45) is 11.3 Å². The quantitative estimate of drug-likeness (QED) is 0.924. The molecular weight excluding hydrogens is 272 g/mol. The zero-order chi connectivity index (χ0) is 16.4. The molecule has 0 aromatic heterocycles. The molecule has 1 aliphatic heterocycles. The summed E-state index contributed by atoms with van der Waals surface area (Å²) in [7, 11) is 0. The number of amides is 1. The van der Waals surface area contributed by atoms with E-state index in [4.69, 9.17) is 0 Å². The second kappa shape index (κ2) is 6.41. The maximum atomic E-state index is 12.6. The Balaban J connectivity index is 1.95. The molecule has 1 atom stereocenters. The van der Waals surface area contributed by atoms with Gasteiger partial charge in [0.2, 0.25) is 5.91 Å². The van der Waals surface area contributed by atoms with Gasteiger partial charge >= 0.3 is 0 Å². The summed E-state index contributed by atoms with van der Waals surface area (Å²) in [6.45, 7) is 13.3. The fraction of sp³-hybridized carbons (Fsp3) is 0.632. The molecule has 122 valence electrons. The number of carbonyl (C=O) groups is 1. The van der Waals surface area contributed by atoms with Gasteiger partial charge in [0.05, 0.1) is 0 Å². The minimum absolute atomic E-state index is 0.170. The zero-order valence-electron chi connectivity index (χ0n) is 14.6. The maximum absolute atomic E-state index is 12.6. The van der Waals surface area contributed by atoms with Crippen LogP contribution in [0.3, 0.4) is 0 Å². The smallest absolute Gasteiger partial charge is 0.226 e. The number of hydrogen-bond acceptors (Lipinski definition) is 2. The molecule has 1 amide bonds. The highest BCUT2D eigenvalue weighted by atomic mass is 16.2. The molecular formula is C19H30N2O. The van der Waals surface area contributed by atoms with Crippen LogP contribution in [0, 0.1) is 11.3 Å². The van der Waals surface area contributed by atoms with Gasteiger partial charge in [-0.3, -0.25) is 9.69 Å². The van der Waals surface area contributed by atoms with Crippen molar-refractivity contribution in [3.05, 3.63) is 35.9 Å². The average molecular weight is 302 g/mol. The molecule has 1 aromatic rings. The van der Waals surface area contributed by atoms with Crippen LogP contribution in [-0.2, 0) is 11.3 Å². The Bertz CT molecular complexity index is 502. The largest absolute Gasteiger partial charge is 0.351 e. The van der Waals surface area contributed by atoms with E-state index in [0.29, 0.717) is 5.92 Å². The summed E-state index contributed by atoms with van der Waals surface area (Å²) in [4.78, 5) is 15.1. The lowest BCUT2D eigenvalue weighted by Crippen LogP contribution is -2.50. The van der Waals surface area contributed by atoms with Crippen molar-refractivity contribution in [1.29, 1.82) is 0 Å². The molecule has 0 spiro atoms. The SMILES string of the molecule is CC(C)(C)NC(=O)C(C)(C)C1CCN(Cc2ccccc2)C1. The summed E-state index contributed by atoms with van der Waals surface area (Å²) >= 11 is 0. The summed E-state index contributed by atoms with van der Waals surface area (Å²) in [5.74, 6) is 0.588. The second-order valence-electron chi connectivity index (χ2n) is 8.13. The highest BCUT2D eigenvalue weighted by Gasteiger charge is 2.41. The number of nitrogens with one attached hydrogen (secondary N) is 1. The number of benzene rings is 1. The summed E-state index contributed by atoms with van der Waals surface area (Å²) in [5, 5.41) is 3.14. The molecule has 2 rings (SSSR count). The van der Waals surface area contributed by atoms with Crippen LogP contribution in [0.2, 0.25) is 0 Å². The Hall–Kier alpha value is -1.35. The van der Waals surface area contributed by atoms with Crippen molar-refractivity contribution in [3.8, 4) is 0 Å². The van der Waals surface area contributed by atoms with E-state index in [1.807, 2.05) is 20.8 Å². The van der Waals surface area contributed by atoms with E-state index < -0.39 is 0 Å². The van der Waals surface area contributed by atoms with Gasteiger partial charge in [0.15, 0.2) is 0 Å². The van der Waals surface area contributed by atoms with Gasteiger partial charge in [0.1, 0.15) is 0 Å². The lowest BCUT2D eigenvalue weighted by atomic mass is 9.77. The van der Waals surface area contributed by atoms with Gasteiger partial charge in [-0.05, 0) is 45.2 Å². The first-order valence-corrected chi connectivity index (χ1v) is 8.27. The minimum atomic E-state index is -0.321. The molecule has 0 radical (unpaired) electrons. The summed E-state index contributed by atoms with van der Waals surface area (Å²) < 4.78 is 0. The van der Waals surface area contributed by atoms with Crippen LogP contribution < -0.4 is 5.32 Å². The molecule has 22 heavy (non-hydrogen) atoms. The molecule has 1 aromatic carbocycles. The minimum Gasteiger partial charge on any atom is -0.351 e. The van der Waals surface area contributed by atoms with Gasteiger partial charge in [-0.1, -0.05) is 44.2 Å². The van der Waals surface area contributed by atoms with Crippen LogP contribution in [-0.4, -0.2) is 29.4 Å². The third-order valence-corrected chi connectivity index (χ3v) is 4.62. The van der Waals surface area contributed by atoms with Gasteiger partial charge in [0.25, 0.3) is 0 Å². The molecule has 1 unspecified atom stereocenters. The lowest BCUT2D eigenvalue weighted by Gasteiger charge is -2.34. The van der Waals surface area contributed by atoms with E-state index in [1.54, 1.807) is 0 Å². The molecule has 1 aliphatic rings. The number of hydrogen-bond donors (Lipinski definition) is 1. The molecule has 1 N–H and O–H groups in total. The van der Waals surface area contributed by atoms with Crippen molar-refractivity contribution in [1.82, 2.24) is 10.2 Å². The third kappa shape index (κ3) is 4.33. The fourth-order valence-corrected chi connectivity index (χ4v) is 3.09. The summed E-state index contributed by atoms with van der Waals surface area (Å²) in [6.07, 6.45) is 1.09. The van der Waals surface area contributed by atoms with E-state index in [9.17, 15) is 4.79 Å². The number of likely N-dealkylation sites (tertiary alicyclic amines) is 1. The van der Waals surface area contributed by atoms with Gasteiger partial charge < -0.3 is 5.32 Å². The highest BCUT2D eigenvalue weighted by molar-refractivity contribution is 5.82.